The highest BCUT2D eigenvalue weighted by atomic mass is 19.1. The van der Waals surface area contributed by atoms with Gasteiger partial charge in [-0.2, -0.15) is 0 Å². The molecule has 0 heterocycles. The van der Waals surface area contributed by atoms with Gasteiger partial charge in [-0.1, -0.05) is 27.7 Å². The molecule has 0 amide bonds. The largest absolute Gasteiger partial charge is 0.293 e. The van der Waals surface area contributed by atoms with E-state index in [2.05, 4.69) is 32.6 Å². The van der Waals surface area contributed by atoms with Gasteiger partial charge in [0, 0.05) is 12.6 Å². The molecular formula is C17H25F2NO. The van der Waals surface area contributed by atoms with E-state index >= 15 is 0 Å². The van der Waals surface area contributed by atoms with Crippen LogP contribution in [0.5, 0.6) is 0 Å². The summed E-state index contributed by atoms with van der Waals surface area (Å²) in [4.78, 5) is 14.4. The monoisotopic (exact) mass is 297 g/mol. The van der Waals surface area contributed by atoms with Crippen molar-refractivity contribution in [2.75, 3.05) is 13.1 Å². The predicted molar refractivity (Wildman–Crippen MR) is 81.5 cm³/mol. The third kappa shape index (κ3) is 5.20. The van der Waals surface area contributed by atoms with E-state index in [1.165, 1.54) is 0 Å². The van der Waals surface area contributed by atoms with Crippen molar-refractivity contribution in [2.45, 2.75) is 46.6 Å². The minimum Gasteiger partial charge on any atom is -0.293 e. The van der Waals surface area contributed by atoms with Crippen LogP contribution in [0.2, 0.25) is 0 Å². The lowest BCUT2D eigenvalue weighted by Crippen LogP contribution is -2.41. The van der Waals surface area contributed by atoms with Gasteiger partial charge in [-0.05, 0) is 37.0 Å². The van der Waals surface area contributed by atoms with Crippen LogP contribution in [0.4, 0.5) is 8.78 Å². The fourth-order valence-electron chi connectivity index (χ4n) is 2.60. The molecule has 0 N–H and O–H groups in total. The maximum absolute atomic E-state index is 13.7. The molecule has 0 spiro atoms. The van der Waals surface area contributed by atoms with Crippen LogP contribution in [0.15, 0.2) is 18.2 Å². The van der Waals surface area contributed by atoms with Crippen molar-refractivity contribution in [2.24, 2.45) is 5.92 Å². The molecular weight excluding hydrogens is 272 g/mol. The molecule has 0 fully saturated rings. The molecule has 0 saturated carbocycles. The third-order valence-electron chi connectivity index (χ3n) is 3.63. The van der Waals surface area contributed by atoms with Crippen LogP contribution >= 0.6 is 0 Å². The normalized spacial score (nSPS) is 11.7. The topological polar surface area (TPSA) is 20.3 Å². The fourth-order valence-corrected chi connectivity index (χ4v) is 2.60. The van der Waals surface area contributed by atoms with Crippen LogP contribution in [0.1, 0.15) is 50.9 Å². The van der Waals surface area contributed by atoms with Gasteiger partial charge in [0.1, 0.15) is 11.6 Å². The number of Topliss-reactive ketones (excluding diaryl/α,β-unsaturated/α-hetero) is 1. The minimum atomic E-state index is -0.657. The molecule has 1 aromatic carbocycles. The molecule has 0 aliphatic rings. The van der Waals surface area contributed by atoms with Gasteiger partial charge in [0.05, 0.1) is 12.1 Å². The number of hydrogen-bond acceptors (Lipinski definition) is 2. The van der Waals surface area contributed by atoms with Crippen LogP contribution < -0.4 is 0 Å². The lowest BCUT2D eigenvalue weighted by atomic mass is 10.0. The molecule has 0 aliphatic carbocycles. The van der Waals surface area contributed by atoms with E-state index in [1.54, 1.807) is 0 Å². The van der Waals surface area contributed by atoms with E-state index < -0.39 is 11.6 Å². The summed E-state index contributed by atoms with van der Waals surface area (Å²) in [6.45, 7) is 9.23. The SMILES string of the molecule is CCC(CC)N(CC(=O)c1cc(F)ccc1F)CC(C)C. The Labute approximate surface area is 126 Å². The van der Waals surface area contributed by atoms with E-state index in [0.29, 0.717) is 5.92 Å². The molecule has 118 valence electrons. The molecule has 1 aromatic rings. The van der Waals surface area contributed by atoms with Crippen molar-refractivity contribution in [3.05, 3.63) is 35.4 Å². The summed E-state index contributed by atoms with van der Waals surface area (Å²) in [5.74, 6) is -1.19. The lowest BCUT2D eigenvalue weighted by molar-refractivity contribution is 0.0861. The van der Waals surface area contributed by atoms with Gasteiger partial charge in [-0.25, -0.2) is 8.78 Å². The molecule has 0 aliphatic heterocycles. The first-order chi connectivity index (χ1) is 9.88. The summed E-state index contributed by atoms with van der Waals surface area (Å²) < 4.78 is 26.9. The van der Waals surface area contributed by atoms with E-state index in [0.717, 1.165) is 37.6 Å². The maximum atomic E-state index is 13.7. The van der Waals surface area contributed by atoms with Gasteiger partial charge < -0.3 is 0 Å². The fraction of sp³-hybridized carbons (Fsp3) is 0.588. The first-order valence-corrected chi connectivity index (χ1v) is 7.61. The van der Waals surface area contributed by atoms with Gasteiger partial charge in [-0.15, -0.1) is 0 Å². The van der Waals surface area contributed by atoms with Gasteiger partial charge >= 0.3 is 0 Å². The molecule has 0 saturated heterocycles. The zero-order valence-corrected chi connectivity index (χ0v) is 13.3. The number of benzene rings is 1. The maximum Gasteiger partial charge on any atom is 0.179 e. The number of carbonyl (C=O) groups is 1. The Morgan fingerprint density at radius 3 is 2.33 bits per heavy atom. The zero-order valence-electron chi connectivity index (χ0n) is 13.3. The first-order valence-electron chi connectivity index (χ1n) is 7.61. The molecule has 4 heteroatoms. The van der Waals surface area contributed by atoms with Crippen LogP contribution in [0, 0.1) is 17.6 Å². The van der Waals surface area contributed by atoms with Gasteiger partial charge in [0.2, 0.25) is 0 Å². The number of nitrogens with zero attached hydrogens (tertiary/aromatic N) is 1. The van der Waals surface area contributed by atoms with Crippen LogP contribution in [-0.4, -0.2) is 29.8 Å². The number of hydrogen-bond donors (Lipinski definition) is 0. The summed E-state index contributed by atoms with van der Waals surface area (Å²) in [5, 5.41) is 0. The van der Waals surface area contributed by atoms with Crippen molar-refractivity contribution in [1.29, 1.82) is 0 Å². The van der Waals surface area contributed by atoms with Crippen LogP contribution in [0.25, 0.3) is 0 Å². The molecule has 1 rings (SSSR count). The molecule has 21 heavy (non-hydrogen) atoms. The molecule has 2 nitrogen and oxygen atoms in total. The van der Waals surface area contributed by atoms with E-state index in [-0.39, 0.29) is 23.9 Å². The quantitative estimate of drug-likeness (QED) is 0.667. The molecule has 0 bridgehead atoms. The Bertz CT molecular complexity index is 470. The van der Waals surface area contributed by atoms with E-state index in [9.17, 15) is 13.6 Å². The molecule has 0 atom stereocenters. The summed E-state index contributed by atoms with van der Waals surface area (Å²) in [6, 6.07) is 3.30. The Morgan fingerprint density at radius 1 is 1.19 bits per heavy atom. The summed E-state index contributed by atoms with van der Waals surface area (Å²) in [7, 11) is 0. The number of ketones is 1. The Balaban J connectivity index is 2.91. The first kappa shape index (κ1) is 17.8. The van der Waals surface area contributed by atoms with Crippen molar-refractivity contribution < 1.29 is 13.6 Å². The standard InChI is InChI=1S/C17H25F2NO/c1-5-14(6-2)20(10-12(3)4)11-17(21)15-9-13(18)7-8-16(15)19/h7-9,12,14H,5-6,10-11H2,1-4H3. The third-order valence-corrected chi connectivity index (χ3v) is 3.63. The molecule has 0 aromatic heterocycles. The summed E-state index contributed by atoms with van der Waals surface area (Å²) >= 11 is 0. The highest BCUT2D eigenvalue weighted by Crippen LogP contribution is 2.15. The Hall–Kier alpha value is -1.29. The highest BCUT2D eigenvalue weighted by Gasteiger charge is 2.22. The Kier molecular flexibility index (Phi) is 6.96. The summed E-state index contributed by atoms with van der Waals surface area (Å²) in [6.07, 6.45) is 1.87. The van der Waals surface area contributed by atoms with Gasteiger partial charge in [-0.3, -0.25) is 9.69 Å². The van der Waals surface area contributed by atoms with Crippen molar-refractivity contribution in [3.8, 4) is 0 Å². The predicted octanol–water partition coefficient (Wildman–Crippen LogP) is 4.29. The average molecular weight is 297 g/mol. The second-order valence-electron chi connectivity index (χ2n) is 5.84. The van der Waals surface area contributed by atoms with Gasteiger partial charge in [0.25, 0.3) is 0 Å². The van der Waals surface area contributed by atoms with Crippen LogP contribution in [-0.2, 0) is 0 Å². The summed E-state index contributed by atoms with van der Waals surface area (Å²) in [5.41, 5.74) is -0.158. The number of rotatable bonds is 8. The number of carbonyl (C=O) groups excluding carboxylic acids is 1. The van der Waals surface area contributed by atoms with E-state index in [4.69, 9.17) is 0 Å². The van der Waals surface area contributed by atoms with Crippen molar-refractivity contribution in [3.63, 3.8) is 0 Å². The smallest absolute Gasteiger partial charge is 0.179 e. The highest BCUT2D eigenvalue weighted by molar-refractivity contribution is 5.97. The number of halogens is 2. The van der Waals surface area contributed by atoms with Crippen molar-refractivity contribution >= 4 is 5.78 Å². The van der Waals surface area contributed by atoms with E-state index in [1.807, 2.05) is 0 Å². The lowest BCUT2D eigenvalue weighted by Gasteiger charge is -2.31. The average Bonchev–Trinajstić information content (AvgIpc) is 2.42. The van der Waals surface area contributed by atoms with Crippen LogP contribution in [0.3, 0.4) is 0 Å². The molecule has 0 unspecified atom stereocenters. The zero-order chi connectivity index (χ0) is 16.0. The second kappa shape index (κ2) is 8.23. The van der Waals surface area contributed by atoms with Gasteiger partial charge in [0.15, 0.2) is 5.78 Å². The van der Waals surface area contributed by atoms with Crippen molar-refractivity contribution in [1.82, 2.24) is 4.90 Å². The second-order valence-corrected chi connectivity index (χ2v) is 5.84. The molecule has 0 radical (unpaired) electrons. The Morgan fingerprint density at radius 2 is 1.81 bits per heavy atom. The minimum absolute atomic E-state index is 0.130.